The van der Waals surface area contributed by atoms with Gasteiger partial charge in [0.2, 0.25) is 5.91 Å². The molecular weight excluding hydrogens is 405 g/mol. The van der Waals surface area contributed by atoms with Crippen LogP contribution in [-0.2, 0) is 22.6 Å². The van der Waals surface area contributed by atoms with Gasteiger partial charge in [0.05, 0.1) is 6.54 Å². The molecule has 166 valence electrons. The van der Waals surface area contributed by atoms with E-state index in [1.807, 2.05) is 0 Å². The second-order valence-electron chi connectivity index (χ2n) is 7.62. The number of aromatic nitrogens is 2. The first kappa shape index (κ1) is 22.4. The third-order valence-corrected chi connectivity index (χ3v) is 5.40. The Labute approximate surface area is 179 Å². The number of hydrogen-bond acceptors (Lipinski definition) is 5. The molecular formula is C21H26FN5O4. The van der Waals surface area contributed by atoms with Crippen LogP contribution in [0, 0.1) is 5.82 Å². The highest BCUT2D eigenvalue weighted by Crippen LogP contribution is 2.26. The minimum absolute atomic E-state index is 0.0940. The number of carbonyl (C=O) groups excluding carboxylic acids is 3. The molecule has 1 aliphatic rings. The third kappa shape index (κ3) is 4.74. The van der Waals surface area contributed by atoms with Gasteiger partial charge in [-0.3, -0.25) is 19.1 Å². The van der Waals surface area contributed by atoms with Crippen molar-refractivity contribution in [3.05, 3.63) is 53.1 Å². The lowest BCUT2D eigenvalue weighted by Gasteiger charge is -2.40. The summed E-state index contributed by atoms with van der Waals surface area (Å²) in [5, 5.41) is 9.77. The lowest BCUT2D eigenvalue weighted by Crippen LogP contribution is -2.62. The predicted molar refractivity (Wildman–Crippen MR) is 110 cm³/mol. The van der Waals surface area contributed by atoms with Crippen molar-refractivity contribution < 1.29 is 23.5 Å². The molecule has 31 heavy (non-hydrogen) atoms. The van der Waals surface area contributed by atoms with Crippen molar-refractivity contribution in [1.29, 1.82) is 0 Å². The molecule has 0 saturated heterocycles. The first-order valence-electron chi connectivity index (χ1n) is 9.92. The number of fused-ring (bicyclic) bond motifs is 1. The van der Waals surface area contributed by atoms with E-state index in [1.165, 1.54) is 27.8 Å². The number of hydrogen-bond donors (Lipinski definition) is 2. The summed E-state index contributed by atoms with van der Waals surface area (Å²) in [7, 11) is 3.13. The summed E-state index contributed by atoms with van der Waals surface area (Å²) in [6, 6.07) is 7.22. The van der Waals surface area contributed by atoms with Crippen molar-refractivity contribution in [3.63, 3.8) is 0 Å². The number of carbonyl (C=O) groups is 3. The van der Waals surface area contributed by atoms with Crippen molar-refractivity contribution in [1.82, 2.24) is 25.3 Å². The number of nitrogens with zero attached hydrogens (tertiary/aromatic N) is 3. The van der Waals surface area contributed by atoms with E-state index in [9.17, 15) is 18.8 Å². The van der Waals surface area contributed by atoms with Gasteiger partial charge in [0.25, 0.3) is 11.8 Å². The normalized spacial score (nSPS) is 17.9. The molecule has 0 aliphatic carbocycles. The number of halogens is 1. The molecule has 10 heteroatoms. The number of methoxy groups -OCH3 is 1. The molecule has 1 aliphatic heterocycles. The number of ether oxygens (including phenoxy) is 1. The van der Waals surface area contributed by atoms with Gasteiger partial charge < -0.3 is 20.3 Å². The summed E-state index contributed by atoms with van der Waals surface area (Å²) in [6.07, 6.45) is 0.657. The van der Waals surface area contributed by atoms with Crippen LogP contribution in [-0.4, -0.2) is 65.2 Å². The maximum absolute atomic E-state index is 13.1. The average Bonchev–Trinajstić information content (AvgIpc) is 3.18. The summed E-state index contributed by atoms with van der Waals surface area (Å²) in [4.78, 5) is 39.5. The third-order valence-electron chi connectivity index (χ3n) is 5.40. The van der Waals surface area contributed by atoms with E-state index in [4.69, 9.17) is 4.74 Å². The van der Waals surface area contributed by atoms with E-state index in [-0.39, 0.29) is 36.2 Å². The Morgan fingerprint density at radius 1 is 1.26 bits per heavy atom. The van der Waals surface area contributed by atoms with Crippen LogP contribution in [0.4, 0.5) is 4.39 Å². The van der Waals surface area contributed by atoms with E-state index < -0.39 is 17.4 Å². The molecule has 0 saturated carbocycles. The van der Waals surface area contributed by atoms with Crippen LogP contribution in [0.15, 0.2) is 30.3 Å². The van der Waals surface area contributed by atoms with Gasteiger partial charge in [-0.1, -0.05) is 12.1 Å². The molecule has 0 spiro atoms. The first-order chi connectivity index (χ1) is 14.8. The highest BCUT2D eigenvalue weighted by atomic mass is 19.1. The van der Waals surface area contributed by atoms with Gasteiger partial charge in [-0.25, -0.2) is 4.39 Å². The van der Waals surface area contributed by atoms with Gasteiger partial charge in [0, 0.05) is 39.9 Å². The standard InChI is InChI=1S/C21H26FN5O4/c1-21(20(30)24-12-14-5-7-15(22)8-6-14)13-27-17(19(29)26(21)2)11-16(25-27)18(28)23-9-4-10-31-3/h5-8,11H,4,9-10,12-13H2,1-3H3,(H,23,28)(H,24,30)/t21-/m0/s1. The number of benzene rings is 1. The lowest BCUT2D eigenvalue weighted by molar-refractivity contribution is -0.132. The maximum Gasteiger partial charge on any atom is 0.272 e. The zero-order valence-electron chi connectivity index (χ0n) is 17.8. The first-order valence-corrected chi connectivity index (χ1v) is 9.92. The fourth-order valence-electron chi connectivity index (χ4n) is 3.32. The number of nitrogens with one attached hydrogen (secondary N) is 2. The van der Waals surface area contributed by atoms with Crippen LogP contribution in [0.3, 0.4) is 0 Å². The Hall–Kier alpha value is -3.27. The summed E-state index contributed by atoms with van der Waals surface area (Å²) in [5.41, 5.74) is -0.114. The largest absolute Gasteiger partial charge is 0.385 e. The number of rotatable bonds is 8. The molecule has 2 heterocycles. The van der Waals surface area contributed by atoms with Gasteiger partial charge in [-0.2, -0.15) is 5.10 Å². The highest BCUT2D eigenvalue weighted by Gasteiger charge is 2.46. The van der Waals surface area contributed by atoms with Crippen LogP contribution < -0.4 is 10.6 Å². The molecule has 2 aromatic rings. The second kappa shape index (κ2) is 9.25. The summed E-state index contributed by atoms with van der Waals surface area (Å²) in [6.45, 7) is 2.87. The van der Waals surface area contributed by atoms with Crippen molar-refractivity contribution >= 4 is 17.7 Å². The monoisotopic (exact) mass is 431 g/mol. The van der Waals surface area contributed by atoms with E-state index >= 15 is 0 Å². The lowest BCUT2D eigenvalue weighted by atomic mass is 9.96. The smallest absolute Gasteiger partial charge is 0.272 e. The van der Waals surface area contributed by atoms with Crippen molar-refractivity contribution in [2.75, 3.05) is 27.3 Å². The average molecular weight is 431 g/mol. The molecule has 1 aromatic heterocycles. The predicted octanol–water partition coefficient (Wildman–Crippen LogP) is 0.949. The van der Waals surface area contributed by atoms with E-state index in [0.29, 0.717) is 19.6 Å². The van der Waals surface area contributed by atoms with Gasteiger partial charge >= 0.3 is 0 Å². The molecule has 9 nitrogen and oxygen atoms in total. The van der Waals surface area contributed by atoms with Crippen molar-refractivity contribution in [2.24, 2.45) is 0 Å². The van der Waals surface area contributed by atoms with E-state index in [1.54, 1.807) is 33.2 Å². The minimum Gasteiger partial charge on any atom is -0.385 e. The Morgan fingerprint density at radius 3 is 2.65 bits per heavy atom. The van der Waals surface area contributed by atoms with Gasteiger partial charge in [0.1, 0.15) is 17.1 Å². The molecule has 3 rings (SSSR count). The highest BCUT2D eigenvalue weighted by molar-refractivity contribution is 6.01. The van der Waals surface area contributed by atoms with Crippen LogP contribution in [0.25, 0.3) is 0 Å². The van der Waals surface area contributed by atoms with Crippen LogP contribution in [0.2, 0.25) is 0 Å². The summed E-state index contributed by atoms with van der Waals surface area (Å²) in [5.74, 6) is -1.53. The van der Waals surface area contributed by atoms with Crippen molar-refractivity contribution in [3.8, 4) is 0 Å². The Balaban J connectivity index is 1.71. The van der Waals surface area contributed by atoms with Gasteiger partial charge in [0.15, 0.2) is 5.69 Å². The molecule has 1 atom stereocenters. The van der Waals surface area contributed by atoms with Gasteiger partial charge in [-0.05, 0) is 31.0 Å². The summed E-state index contributed by atoms with van der Waals surface area (Å²) >= 11 is 0. The molecule has 0 radical (unpaired) electrons. The fraction of sp³-hybridized carbons (Fsp3) is 0.429. The molecule has 1 aromatic carbocycles. The molecule has 0 bridgehead atoms. The quantitative estimate of drug-likeness (QED) is 0.606. The molecule has 0 fully saturated rings. The molecule has 2 N–H and O–H groups in total. The summed E-state index contributed by atoms with van der Waals surface area (Å²) < 4.78 is 19.4. The number of likely N-dealkylation sites (N-methyl/N-ethyl adjacent to an activating group) is 1. The van der Waals surface area contributed by atoms with Crippen LogP contribution in [0.5, 0.6) is 0 Å². The van der Waals surface area contributed by atoms with Crippen LogP contribution >= 0.6 is 0 Å². The van der Waals surface area contributed by atoms with Crippen LogP contribution in [0.1, 0.15) is 39.9 Å². The second-order valence-corrected chi connectivity index (χ2v) is 7.62. The van der Waals surface area contributed by atoms with E-state index in [2.05, 4.69) is 15.7 Å². The zero-order valence-corrected chi connectivity index (χ0v) is 17.8. The fourth-order valence-corrected chi connectivity index (χ4v) is 3.32. The van der Waals surface area contributed by atoms with Crippen molar-refractivity contribution in [2.45, 2.75) is 32.0 Å². The Bertz CT molecular complexity index is 975. The minimum atomic E-state index is -1.21. The van der Waals surface area contributed by atoms with E-state index in [0.717, 1.165) is 5.56 Å². The topological polar surface area (TPSA) is 106 Å². The van der Waals surface area contributed by atoms with Gasteiger partial charge in [-0.15, -0.1) is 0 Å². The zero-order chi connectivity index (χ0) is 22.6. The molecule has 3 amide bonds. The Morgan fingerprint density at radius 2 is 1.97 bits per heavy atom. The SMILES string of the molecule is COCCCNC(=O)c1cc2n(n1)C[C@@](C)(C(=O)NCc1ccc(F)cc1)N(C)C2=O. The Kier molecular flexibility index (Phi) is 6.69. The number of amides is 3. The molecule has 0 unspecified atom stereocenters. The maximum atomic E-state index is 13.1.